The number of carbonyl (C=O) groups excluding carboxylic acids is 1. The van der Waals surface area contributed by atoms with Gasteiger partial charge in [0, 0.05) is 23.2 Å². The second kappa shape index (κ2) is 4.09. The second-order valence-electron chi connectivity index (χ2n) is 3.16. The van der Waals surface area contributed by atoms with Crippen LogP contribution in [0.15, 0.2) is 18.2 Å². The lowest BCUT2D eigenvalue weighted by Gasteiger charge is -2.12. The van der Waals surface area contributed by atoms with E-state index in [9.17, 15) is 4.79 Å². The highest BCUT2D eigenvalue weighted by Gasteiger charge is 2.10. The molecule has 0 aliphatic carbocycles. The van der Waals surface area contributed by atoms with Crippen LogP contribution in [-0.4, -0.2) is 24.9 Å². The summed E-state index contributed by atoms with van der Waals surface area (Å²) in [7, 11) is 3.53. The lowest BCUT2D eigenvalue weighted by molar-refractivity contribution is 0.0827. The summed E-state index contributed by atoms with van der Waals surface area (Å²) >= 11 is 2.24. The van der Waals surface area contributed by atoms with Gasteiger partial charge in [0.1, 0.15) is 0 Å². The molecular formula is C10H12INO. The Kier molecular flexibility index (Phi) is 3.30. The molecule has 1 aromatic carbocycles. The van der Waals surface area contributed by atoms with E-state index in [0.717, 1.165) is 14.7 Å². The van der Waals surface area contributed by atoms with Crippen LogP contribution in [0.25, 0.3) is 0 Å². The van der Waals surface area contributed by atoms with Crippen LogP contribution in [0.2, 0.25) is 0 Å². The first-order chi connectivity index (χ1) is 6.02. The average molecular weight is 289 g/mol. The minimum Gasteiger partial charge on any atom is -0.345 e. The number of nitrogens with zero attached hydrogens (tertiary/aromatic N) is 1. The summed E-state index contributed by atoms with van der Waals surface area (Å²) in [5.74, 6) is 0.0638. The minimum absolute atomic E-state index is 0.0638. The van der Waals surface area contributed by atoms with Gasteiger partial charge in [0.2, 0.25) is 0 Å². The number of benzene rings is 1. The van der Waals surface area contributed by atoms with Crippen LogP contribution in [0.4, 0.5) is 0 Å². The van der Waals surface area contributed by atoms with Crippen molar-refractivity contribution < 1.29 is 4.79 Å². The van der Waals surface area contributed by atoms with E-state index in [4.69, 9.17) is 0 Å². The Morgan fingerprint density at radius 1 is 1.38 bits per heavy atom. The molecule has 0 aliphatic rings. The third-order valence-corrected chi connectivity index (χ3v) is 2.50. The zero-order chi connectivity index (χ0) is 10.0. The molecule has 0 bridgehead atoms. The first-order valence-electron chi connectivity index (χ1n) is 4.00. The van der Waals surface area contributed by atoms with Gasteiger partial charge in [-0.15, -0.1) is 0 Å². The van der Waals surface area contributed by atoms with Gasteiger partial charge in [0.05, 0.1) is 0 Å². The van der Waals surface area contributed by atoms with Gasteiger partial charge in [0.15, 0.2) is 0 Å². The Bertz CT molecular complexity index is 334. The molecule has 1 amide bonds. The van der Waals surface area contributed by atoms with Gasteiger partial charge >= 0.3 is 0 Å². The van der Waals surface area contributed by atoms with Crippen molar-refractivity contribution in [2.45, 2.75) is 6.92 Å². The van der Waals surface area contributed by atoms with Crippen molar-refractivity contribution in [2.24, 2.45) is 0 Å². The standard InChI is InChI=1S/C10H12INO/c1-7-6-8(11)4-5-9(7)10(13)12(2)3/h4-6H,1-3H3. The third kappa shape index (κ3) is 2.43. The number of amides is 1. The van der Waals surface area contributed by atoms with Crippen LogP contribution in [0.3, 0.4) is 0 Å². The highest BCUT2D eigenvalue weighted by atomic mass is 127. The van der Waals surface area contributed by atoms with Crippen LogP contribution in [0.5, 0.6) is 0 Å². The van der Waals surface area contributed by atoms with Crippen molar-refractivity contribution in [2.75, 3.05) is 14.1 Å². The molecule has 0 spiro atoms. The maximum Gasteiger partial charge on any atom is 0.253 e. The summed E-state index contributed by atoms with van der Waals surface area (Å²) in [4.78, 5) is 13.2. The maximum absolute atomic E-state index is 11.6. The Morgan fingerprint density at radius 2 is 2.00 bits per heavy atom. The number of carbonyl (C=O) groups is 1. The SMILES string of the molecule is Cc1cc(I)ccc1C(=O)N(C)C. The molecule has 0 atom stereocenters. The van der Waals surface area contributed by atoms with Crippen LogP contribution < -0.4 is 0 Å². The fourth-order valence-corrected chi connectivity index (χ4v) is 1.75. The summed E-state index contributed by atoms with van der Waals surface area (Å²) in [6.45, 7) is 1.96. The fourth-order valence-electron chi connectivity index (χ4n) is 1.11. The highest BCUT2D eigenvalue weighted by molar-refractivity contribution is 14.1. The van der Waals surface area contributed by atoms with E-state index < -0.39 is 0 Å². The van der Waals surface area contributed by atoms with Gasteiger partial charge in [0.25, 0.3) is 5.91 Å². The van der Waals surface area contributed by atoms with Gasteiger partial charge in [-0.3, -0.25) is 4.79 Å². The first-order valence-corrected chi connectivity index (χ1v) is 5.08. The smallest absolute Gasteiger partial charge is 0.253 e. The zero-order valence-electron chi connectivity index (χ0n) is 7.97. The number of aryl methyl sites for hydroxylation is 1. The molecule has 0 saturated carbocycles. The lowest BCUT2D eigenvalue weighted by atomic mass is 10.1. The molecule has 0 aromatic heterocycles. The summed E-state index contributed by atoms with van der Waals surface area (Å²) in [6, 6.07) is 5.83. The Labute approximate surface area is 92.1 Å². The molecule has 0 saturated heterocycles. The molecule has 0 fully saturated rings. The van der Waals surface area contributed by atoms with Gasteiger partial charge < -0.3 is 4.90 Å². The van der Waals surface area contributed by atoms with E-state index in [-0.39, 0.29) is 5.91 Å². The van der Waals surface area contributed by atoms with Crippen LogP contribution in [0, 0.1) is 10.5 Å². The maximum atomic E-state index is 11.6. The average Bonchev–Trinajstić information content (AvgIpc) is 2.03. The fraction of sp³-hybridized carbons (Fsp3) is 0.300. The van der Waals surface area contributed by atoms with E-state index in [0.29, 0.717) is 0 Å². The molecule has 0 radical (unpaired) electrons. The summed E-state index contributed by atoms with van der Waals surface area (Å²) in [5.41, 5.74) is 1.82. The second-order valence-corrected chi connectivity index (χ2v) is 4.40. The molecule has 0 N–H and O–H groups in total. The van der Waals surface area contributed by atoms with E-state index in [1.54, 1.807) is 19.0 Å². The molecular weight excluding hydrogens is 277 g/mol. The largest absolute Gasteiger partial charge is 0.345 e. The van der Waals surface area contributed by atoms with Crippen LogP contribution in [-0.2, 0) is 0 Å². The van der Waals surface area contributed by atoms with Crippen molar-refractivity contribution in [1.29, 1.82) is 0 Å². The minimum atomic E-state index is 0.0638. The molecule has 1 aromatic rings. The predicted molar refractivity (Wildman–Crippen MR) is 61.9 cm³/mol. The summed E-state index contributed by atoms with van der Waals surface area (Å²) in [6.07, 6.45) is 0. The number of hydrogen-bond donors (Lipinski definition) is 0. The number of hydrogen-bond acceptors (Lipinski definition) is 1. The monoisotopic (exact) mass is 289 g/mol. The zero-order valence-corrected chi connectivity index (χ0v) is 10.1. The van der Waals surface area contributed by atoms with Crippen LogP contribution in [0.1, 0.15) is 15.9 Å². The lowest BCUT2D eigenvalue weighted by Crippen LogP contribution is -2.22. The van der Waals surface area contributed by atoms with Crippen molar-refractivity contribution >= 4 is 28.5 Å². The van der Waals surface area contributed by atoms with E-state index >= 15 is 0 Å². The number of rotatable bonds is 1. The van der Waals surface area contributed by atoms with Crippen LogP contribution >= 0.6 is 22.6 Å². The molecule has 70 valence electrons. The summed E-state index contributed by atoms with van der Waals surface area (Å²) < 4.78 is 1.16. The highest BCUT2D eigenvalue weighted by Crippen LogP contribution is 2.13. The van der Waals surface area contributed by atoms with Gasteiger partial charge in [-0.2, -0.15) is 0 Å². The van der Waals surface area contributed by atoms with Gasteiger partial charge in [-0.05, 0) is 53.3 Å². The Hall–Kier alpha value is -0.580. The van der Waals surface area contributed by atoms with Crippen molar-refractivity contribution in [3.63, 3.8) is 0 Å². The number of halogens is 1. The molecule has 13 heavy (non-hydrogen) atoms. The van der Waals surface area contributed by atoms with Crippen molar-refractivity contribution in [3.05, 3.63) is 32.9 Å². The molecule has 3 heteroatoms. The topological polar surface area (TPSA) is 20.3 Å². The Balaban J connectivity index is 3.09. The summed E-state index contributed by atoms with van der Waals surface area (Å²) in [5, 5.41) is 0. The normalized spacial score (nSPS) is 9.85. The molecule has 2 nitrogen and oxygen atoms in total. The van der Waals surface area contributed by atoms with Crippen molar-refractivity contribution in [3.8, 4) is 0 Å². The quantitative estimate of drug-likeness (QED) is 0.726. The van der Waals surface area contributed by atoms with Gasteiger partial charge in [-0.25, -0.2) is 0 Å². The first kappa shape index (κ1) is 10.5. The van der Waals surface area contributed by atoms with Gasteiger partial charge in [-0.1, -0.05) is 0 Å². The molecule has 0 heterocycles. The molecule has 0 unspecified atom stereocenters. The van der Waals surface area contributed by atoms with E-state index in [1.807, 2.05) is 25.1 Å². The van der Waals surface area contributed by atoms with E-state index in [2.05, 4.69) is 22.6 Å². The third-order valence-electron chi connectivity index (χ3n) is 1.83. The van der Waals surface area contributed by atoms with E-state index in [1.165, 1.54) is 0 Å². The van der Waals surface area contributed by atoms with Crippen molar-refractivity contribution in [1.82, 2.24) is 4.90 Å². The predicted octanol–water partition coefficient (Wildman–Crippen LogP) is 2.30. The molecule has 0 aliphatic heterocycles. The molecule has 1 rings (SSSR count). The Morgan fingerprint density at radius 3 is 2.46 bits per heavy atom.